The van der Waals surface area contributed by atoms with Crippen molar-refractivity contribution >= 4 is 0 Å². The second-order valence-electron chi connectivity index (χ2n) is 4.90. The van der Waals surface area contributed by atoms with Gasteiger partial charge in [-0.15, -0.1) is 0 Å². The summed E-state index contributed by atoms with van der Waals surface area (Å²) in [5, 5.41) is 3.31. The summed E-state index contributed by atoms with van der Waals surface area (Å²) in [5.41, 5.74) is -0.0140. The van der Waals surface area contributed by atoms with Crippen molar-refractivity contribution in [2.45, 2.75) is 65.0 Å². The number of hydrogen-bond donors (Lipinski definition) is 1. The third-order valence-corrected chi connectivity index (χ3v) is 2.28. The standard InChI is InChI=1S/C12H27NO/c1-6-7-8-9-11(13-5)10-14-12(2,3)4/h11,13H,6-10H2,1-5H3. The Morgan fingerprint density at radius 1 is 1.21 bits per heavy atom. The Bertz CT molecular complexity index is 129. The van der Waals surface area contributed by atoms with Gasteiger partial charge in [-0.3, -0.25) is 0 Å². The van der Waals surface area contributed by atoms with Crippen molar-refractivity contribution in [1.29, 1.82) is 0 Å². The minimum absolute atomic E-state index is 0.0140. The average Bonchev–Trinajstić information content (AvgIpc) is 2.09. The molecule has 1 unspecified atom stereocenters. The van der Waals surface area contributed by atoms with E-state index >= 15 is 0 Å². The van der Waals surface area contributed by atoms with E-state index in [4.69, 9.17) is 4.74 Å². The molecule has 0 bridgehead atoms. The smallest absolute Gasteiger partial charge is 0.0626 e. The van der Waals surface area contributed by atoms with Gasteiger partial charge in [-0.05, 0) is 34.2 Å². The molecule has 0 heterocycles. The maximum atomic E-state index is 5.75. The number of ether oxygens (including phenoxy) is 1. The van der Waals surface area contributed by atoms with Crippen LogP contribution in [0.1, 0.15) is 53.4 Å². The zero-order chi connectivity index (χ0) is 11.0. The Morgan fingerprint density at radius 2 is 1.86 bits per heavy atom. The van der Waals surface area contributed by atoms with Crippen molar-refractivity contribution in [3.8, 4) is 0 Å². The lowest BCUT2D eigenvalue weighted by Crippen LogP contribution is -2.34. The van der Waals surface area contributed by atoms with Crippen LogP contribution in [0.3, 0.4) is 0 Å². The average molecular weight is 201 g/mol. The Labute approximate surface area is 89.4 Å². The molecule has 2 nitrogen and oxygen atoms in total. The number of rotatable bonds is 7. The van der Waals surface area contributed by atoms with E-state index in [1.807, 2.05) is 7.05 Å². The van der Waals surface area contributed by atoms with E-state index in [-0.39, 0.29) is 5.60 Å². The molecule has 0 saturated heterocycles. The van der Waals surface area contributed by atoms with Crippen LogP contribution in [-0.4, -0.2) is 25.3 Å². The van der Waals surface area contributed by atoms with Crippen LogP contribution < -0.4 is 5.32 Å². The Morgan fingerprint density at radius 3 is 2.29 bits per heavy atom. The molecule has 0 radical (unpaired) electrons. The summed E-state index contributed by atoms with van der Waals surface area (Å²) in [6, 6.07) is 0.515. The predicted molar refractivity (Wildman–Crippen MR) is 62.7 cm³/mol. The lowest BCUT2D eigenvalue weighted by Gasteiger charge is -2.24. The summed E-state index contributed by atoms with van der Waals surface area (Å²) in [6.07, 6.45) is 5.14. The summed E-state index contributed by atoms with van der Waals surface area (Å²) in [5.74, 6) is 0. The summed E-state index contributed by atoms with van der Waals surface area (Å²) in [4.78, 5) is 0. The van der Waals surface area contributed by atoms with Gasteiger partial charge in [0.1, 0.15) is 0 Å². The molecule has 0 aromatic rings. The molecule has 0 aromatic heterocycles. The summed E-state index contributed by atoms with van der Waals surface area (Å²) in [6.45, 7) is 9.37. The molecule has 0 fully saturated rings. The highest BCUT2D eigenvalue weighted by Crippen LogP contribution is 2.10. The van der Waals surface area contributed by atoms with Crippen molar-refractivity contribution < 1.29 is 4.74 Å². The van der Waals surface area contributed by atoms with Gasteiger partial charge in [0.05, 0.1) is 12.2 Å². The molecule has 0 saturated carbocycles. The zero-order valence-electron chi connectivity index (χ0n) is 10.5. The van der Waals surface area contributed by atoms with Gasteiger partial charge in [0.15, 0.2) is 0 Å². The Hall–Kier alpha value is -0.0800. The normalized spacial score (nSPS) is 14.4. The molecule has 86 valence electrons. The number of likely N-dealkylation sites (N-methyl/N-ethyl adjacent to an activating group) is 1. The molecule has 0 aliphatic rings. The SMILES string of the molecule is CCCCCC(COC(C)(C)C)NC. The van der Waals surface area contributed by atoms with Crippen LogP contribution in [0.5, 0.6) is 0 Å². The zero-order valence-corrected chi connectivity index (χ0v) is 10.5. The molecule has 2 heteroatoms. The second-order valence-corrected chi connectivity index (χ2v) is 4.90. The second kappa shape index (κ2) is 7.24. The highest BCUT2D eigenvalue weighted by Gasteiger charge is 2.13. The minimum Gasteiger partial charge on any atom is -0.374 e. The van der Waals surface area contributed by atoms with Crippen LogP contribution in [0.2, 0.25) is 0 Å². The number of unbranched alkanes of at least 4 members (excludes halogenated alkanes) is 2. The molecule has 0 aromatic carbocycles. The van der Waals surface area contributed by atoms with Crippen molar-refractivity contribution in [2.24, 2.45) is 0 Å². The lowest BCUT2D eigenvalue weighted by atomic mass is 10.1. The molecular formula is C12H27NO. The summed E-state index contributed by atoms with van der Waals surface area (Å²) >= 11 is 0. The first-order chi connectivity index (χ1) is 6.49. The quantitative estimate of drug-likeness (QED) is 0.639. The minimum atomic E-state index is -0.0140. The van der Waals surface area contributed by atoms with E-state index < -0.39 is 0 Å². The highest BCUT2D eigenvalue weighted by molar-refractivity contribution is 4.67. The van der Waals surface area contributed by atoms with E-state index in [1.54, 1.807) is 0 Å². The molecule has 14 heavy (non-hydrogen) atoms. The third-order valence-electron chi connectivity index (χ3n) is 2.28. The number of hydrogen-bond acceptors (Lipinski definition) is 2. The fourth-order valence-corrected chi connectivity index (χ4v) is 1.30. The third kappa shape index (κ3) is 8.52. The fourth-order valence-electron chi connectivity index (χ4n) is 1.30. The first kappa shape index (κ1) is 13.9. The van der Waals surface area contributed by atoms with Crippen LogP contribution in [0.4, 0.5) is 0 Å². The lowest BCUT2D eigenvalue weighted by molar-refractivity contribution is -0.0147. The van der Waals surface area contributed by atoms with Gasteiger partial charge in [-0.1, -0.05) is 26.2 Å². The number of nitrogens with one attached hydrogen (secondary N) is 1. The molecule has 0 aliphatic carbocycles. The van der Waals surface area contributed by atoms with Gasteiger partial charge in [0.2, 0.25) is 0 Å². The topological polar surface area (TPSA) is 21.3 Å². The highest BCUT2D eigenvalue weighted by atomic mass is 16.5. The maximum Gasteiger partial charge on any atom is 0.0626 e. The van der Waals surface area contributed by atoms with Crippen LogP contribution in [-0.2, 0) is 4.74 Å². The molecule has 0 spiro atoms. The van der Waals surface area contributed by atoms with Crippen molar-refractivity contribution in [1.82, 2.24) is 5.32 Å². The van der Waals surface area contributed by atoms with Crippen molar-refractivity contribution in [3.63, 3.8) is 0 Å². The first-order valence-corrected chi connectivity index (χ1v) is 5.81. The van der Waals surface area contributed by atoms with E-state index in [2.05, 4.69) is 33.0 Å². The van der Waals surface area contributed by atoms with Gasteiger partial charge < -0.3 is 10.1 Å². The molecule has 1 atom stereocenters. The summed E-state index contributed by atoms with van der Waals surface area (Å²) in [7, 11) is 2.02. The van der Waals surface area contributed by atoms with Gasteiger partial charge >= 0.3 is 0 Å². The molecule has 0 aliphatic heterocycles. The van der Waals surface area contributed by atoms with Gasteiger partial charge in [-0.2, -0.15) is 0 Å². The van der Waals surface area contributed by atoms with E-state index in [1.165, 1.54) is 25.7 Å². The molecular weight excluding hydrogens is 174 g/mol. The fraction of sp³-hybridized carbons (Fsp3) is 1.00. The largest absolute Gasteiger partial charge is 0.374 e. The summed E-state index contributed by atoms with van der Waals surface area (Å²) < 4.78 is 5.75. The van der Waals surface area contributed by atoms with Crippen LogP contribution in [0.25, 0.3) is 0 Å². The predicted octanol–water partition coefficient (Wildman–Crippen LogP) is 2.97. The Kier molecular flexibility index (Phi) is 7.20. The molecule has 0 rings (SSSR count). The monoisotopic (exact) mass is 201 g/mol. The van der Waals surface area contributed by atoms with Crippen molar-refractivity contribution in [2.75, 3.05) is 13.7 Å². The van der Waals surface area contributed by atoms with E-state index in [0.717, 1.165) is 6.61 Å². The van der Waals surface area contributed by atoms with E-state index in [0.29, 0.717) is 6.04 Å². The van der Waals surface area contributed by atoms with E-state index in [9.17, 15) is 0 Å². The van der Waals surface area contributed by atoms with Gasteiger partial charge in [0.25, 0.3) is 0 Å². The molecule has 1 N–H and O–H groups in total. The Balaban J connectivity index is 3.58. The van der Waals surface area contributed by atoms with Gasteiger partial charge in [0, 0.05) is 6.04 Å². The maximum absolute atomic E-state index is 5.75. The van der Waals surface area contributed by atoms with Crippen molar-refractivity contribution in [3.05, 3.63) is 0 Å². The van der Waals surface area contributed by atoms with Gasteiger partial charge in [-0.25, -0.2) is 0 Å². The van der Waals surface area contributed by atoms with Crippen LogP contribution in [0.15, 0.2) is 0 Å². The van der Waals surface area contributed by atoms with Crippen LogP contribution in [0, 0.1) is 0 Å². The van der Waals surface area contributed by atoms with Crippen LogP contribution >= 0.6 is 0 Å². The first-order valence-electron chi connectivity index (χ1n) is 5.81. The molecule has 0 amide bonds.